The summed E-state index contributed by atoms with van der Waals surface area (Å²) in [4.78, 5) is 36.8. The molecular formula is C23H28N2O5. The molecule has 7 heteroatoms. The molecule has 2 N–H and O–H groups in total. The molecule has 0 heterocycles. The van der Waals surface area contributed by atoms with E-state index < -0.39 is 30.1 Å². The molecule has 160 valence electrons. The van der Waals surface area contributed by atoms with Crippen LogP contribution in [0.15, 0.2) is 60.7 Å². The zero-order valence-electron chi connectivity index (χ0n) is 17.5. The van der Waals surface area contributed by atoms with Crippen LogP contribution in [0, 0.1) is 5.92 Å². The molecule has 0 bridgehead atoms. The third-order valence-electron chi connectivity index (χ3n) is 4.38. The van der Waals surface area contributed by atoms with E-state index in [-0.39, 0.29) is 19.1 Å². The highest BCUT2D eigenvalue weighted by molar-refractivity contribution is 5.89. The van der Waals surface area contributed by atoms with E-state index in [1.165, 1.54) is 6.92 Å². The lowest BCUT2D eigenvalue weighted by Gasteiger charge is -2.23. The second-order valence-corrected chi connectivity index (χ2v) is 7.25. The van der Waals surface area contributed by atoms with Crippen molar-refractivity contribution in [3.63, 3.8) is 0 Å². The van der Waals surface area contributed by atoms with Crippen molar-refractivity contribution >= 4 is 18.0 Å². The van der Waals surface area contributed by atoms with Crippen molar-refractivity contribution in [2.75, 3.05) is 0 Å². The first kappa shape index (κ1) is 22.9. The van der Waals surface area contributed by atoms with Gasteiger partial charge in [-0.2, -0.15) is 0 Å². The summed E-state index contributed by atoms with van der Waals surface area (Å²) in [5, 5.41) is 5.11. The van der Waals surface area contributed by atoms with E-state index in [2.05, 4.69) is 10.6 Å². The third-order valence-corrected chi connectivity index (χ3v) is 4.38. The van der Waals surface area contributed by atoms with Gasteiger partial charge in [-0.25, -0.2) is 9.59 Å². The molecule has 0 unspecified atom stereocenters. The van der Waals surface area contributed by atoms with Gasteiger partial charge in [0.2, 0.25) is 5.91 Å². The second kappa shape index (κ2) is 11.6. The average molecular weight is 412 g/mol. The van der Waals surface area contributed by atoms with E-state index in [4.69, 9.17) is 9.47 Å². The van der Waals surface area contributed by atoms with E-state index >= 15 is 0 Å². The zero-order valence-corrected chi connectivity index (χ0v) is 17.5. The van der Waals surface area contributed by atoms with Crippen molar-refractivity contribution in [1.82, 2.24) is 10.6 Å². The van der Waals surface area contributed by atoms with E-state index in [9.17, 15) is 14.4 Å². The Balaban J connectivity index is 1.82. The maximum absolute atomic E-state index is 12.5. The van der Waals surface area contributed by atoms with Crippen LogP contribution in [0.2, 0.25) is 0 Å². The SMILES string of the molecule is CC(C)[C@H](NC(=O)[C@H](C)NC(=O)OCc1ccccc1)C(=O)OCc1ccccc1. The first-order chi connectivity index (χ1) is 14.4. The molecule has 0 aliphatic heterocycles. The molecule has 0 radical (unpaired) electrons. The summed E-state index contributed by atoms with van der Waals surface area (Å²) in [6.45, 7) is 5.35. The number of carbonyl (C=O) groups excluding carboxylic acids is 3. The molecule has 0 saturated heterocycles. The topological polar surface area (TPSA) is 93.7 Å². The van der Waals surface area contributed by atoms with Gasteiger partial charge in [0.1, 0.15) is 25.3 Å². The van der Waals surface area contributed by atoms with Crippen LogP contribution in [-0.2, 0) is 32.3 Å². The quantitative estimate of drug-likeness (QED) is 0.617. The van der Waals surface area contributed by atoms with Crippen molar-refractivity contribution < 1.29 is 23.9 Å². The average Bonchev–Trinajstić information content (AvgIpc) is 2.75. The number of benzene rings is 2. The van der Waals surface area contributed by atoms with Crippen LogP contribution in [0.3, 0.4) is 0 Å². The lowest BCUT2D eigenvalue weighted by atomic mass is 10.0. The summed E-state index contributed by atoms with van der Waals surface area (Å²) in [7, 11) is 0. The van der Waals surface area contributed by atoms with Gasteiger partial charge in [-0.3, -0.25) is 4.79 Å². The second-order valence-electron chi connectivity index (χ2n) is 7.25. The van der Waals surface area contributed by atoms with Gasteiger partial charge in [0, 0.05) is 0 Å². The van der Waals surface area contributed by atoms with Crippen molar-refractivity contribution in [2.24, 2.45) is 5.92 Å². The molecule has 2 aromatic carbocycles. The van der Waals surface area contributed by atoms with Gasteiger partial charge in [0.15, 0.2) is 0 Å². The fraction of sp³-hybridized carbons (Fsp3) is 0.348. The van der Waals surface area contributed by atoms with Gasteiger partial charge in [0.05, 0.1) is 0 Å². The van der Waals surface area contributed by atoms with E-state index in [0.717, 1.165) is 11.1 Å². The molecule has 0 saturated carbocycles. The third kappa shape index (κ3) is 7.58. The van der Waals surface area contributed by atoms with E-state index in [0.29, 0.717) is 0 Å². The van der Waals surface area contributed by atoms with Gasteiger partial charge in [-0.05, 0) is 24.0 Å². The van der Waals surface area contributed by atoms with Gasteiger partial charge in [-0.1, -0.05) is 74.5 Å². The Hall–Kier alpha value is -3.35. The largest absolute Gasteiger partial charge is 0.459 e. The van der Waals surface area contributed by atoms with E-state index in [1.54, 1.807) is 13.8 Å². The monoisotopic (exact) mass is 412 g/mol. The maximum Gasteiger partial charge on any atom is 0.408 e. The first-order valence-corrected chi connectivity index (χ1v) is 9.85. The van der Waals surface area contributed by atoms with Crippen LogP contribution < -0.4 is 10.6 Å². The number of esters is 1. The first-order valence-electron chi connectivity index (χ1n) is 9.85. The Morgan fingerprint density at radius 3 is 1.77 bits per heavy atom. The highest BCUT2D eigenvalue weighted by atomic mass is 16.5. The molecule has 2 rings (SSSR count). The van der Waals surface area contributed by atoms with Crippen LogP contribution in [0.5, 0.6) is 0 Å². The summed E-state index contributed by atoms with van der Waals surface area (Å²) in [5.41, 5.74) is 1.70. The van der Waals surface area contributed by atoms with Crippen LogP contribution in [0.4, 0.5) is 4.79 Å². The Morgan fingerprint density at radius 2 is 1.27 bits per heavy atom. The van der Waals surface area contributed by atoms with Gasteiger partial charge < -0.3 is 20.1 Å². The minimum absolute atomic E-state index is 0.0987. The Labute approximate surface area is 176 Å². The maximum atomic E-state index is 12.5. The Morgan fingerprint density at radius 1 is 0.767 bits per heavy atom. The van der Waals surface area contributed by atoms with Crippen molar-refractivity contribution in [3.05, 3.63) is 71.8 Å². The Bertz CT molecular complexity index is 824. The summed E-state index contributed by atoms with van der Waals surface area (Å²) in [6.07, 6.45) is -0.714. The van der Waals surface area contributed by atoms with Crippen molar-refractivity contribution in [3.8, 4) is 0 Å². The summed E-state index contributed by atoms with van der Waals surface area (Å²) < 4.78 is 10.4. The number of amides is 2. The molecule has 2 amide bonds. The normalized spacial score (nSPS) is 12.5. The number of hydrogen-bond donors (Lipinski definition) is 2. The van der Waals surface area contributed by atoms with Crippen LogP contribution in [0.1, 0.15) is 31.9 Å². The lowest BCUT2D eigenvalue weighted by Crippen LogP contribution is -2.52. The molecular weight excluding hydrogens is 384 g/mol. The van der Waals surface area contributed by atoms with Crippen molar-refractivity contribution in [1.29, 1.82) is 0 Å². The molecule has 0 spiro atoms. The van der Waals surface area contributed by atoms with Gasteiger partial charge in [0.25, 0.3) is 0 Å². The molecule has 0 aliphatic rings. The van der Waals surface area contributed by atoms with Crippen LogP contribution in [-0.4, -0.2) is 30.1 Å². The predicted molar refractivity (Wildman–Crippen MR) is 112 cm³/mol. The molecule has 0 aromatic heterocycles. The molecule has 2 aromatic rings. The summed E-state index contributed by atoms with van der Waals surface area (Å²) in [6, 6.07) is 16.8. The number of rotatable bonds is 9. The highest BCUT2D eigenvalue weighted by Gasteiger charge is 2.28. The number of carbonyl (C=O) groups is 3. The smallest absolute Gasteiger partial charge is 0.408 e. The van der Waals surface area contributed by atoms with Gasteiger partial charge >= 0.3 is 12.1 Å². The molecule has 0 aliphatic carbocycles. The molecule has 2 atom stereocenters. The highest BCUT2D eigenvalue weighted by Crippen LogP contribution is 2.08. The minimum Gasteiger partial charge on any atom is -0.459 e. The number of alkyl carbamates (subject to hydrolysis) is 1. The fourth-order valence-electron chi connectivity index (χ4n) is 2.60. The van der Waals surface area contributed by atoms with Crippen molar-refractivity contribution in [2.45, 2.75) is 46.1 Å². The van der Waals surface area contributed by atoms with Gasteiger partial charge in [-0.15, -0.1) is 0 Å². The minimum atomic E-state index is -0.878. The molecule has 0 fully saturated rings. The predicted octanol–water partition coefficient (Wildman–Crippen LogP) is 3.19. The number of nitrogens with one attached hydrogen (secondary N) is 2. The van der Waals surface area contributed by atoms with Crippen LogP contribution >= 0.6 is 0 Å². The van der Waals surface area contributed by atoms with Crippen LogP contribution in [0.25, 0.3) is 0 Å². The number of ether oxygens (including phenoxy) is 2. The number of hydrogen-bond acceptors (Lipinski definition) is 5. The molecule has 7 nitrogen and oxygen atoms in total. The van der Waals surface area contributed by atoms with E-state index in [1.807, 2.05) is 60.7 Å². The summed E-state index contributed by atoms with van der Waals surface area (Å²) >= 11 is 0. The standard InChI is InChI=1S/C23H28N2O5/c1-16(2)20(22(27)29-14-18-10-6-4-7-11-18)25-21(26)17(3)24-23(28)30-15-19-12-8-5-9-13-19/h4-13,16-17,20H,14-15H2,1-3H3,(H,24,28)(H,25,26)/t17-,20-/m0/s1. The zero-order chi connectivity index (χ0) is 21.9. The Kier molecular flexibility index (Phi) is 8.87. The molecule has 30 heavy (non-hydrogen) atoms. The summed E-state index contributed by atoms with van der Waals surface area (Å²) in [5.74, 6) is -1.21. The lowest BCUT2D eigenvalue weighted by molar-refractivity contribution is -0.150. The fourth-order valence-corrected chi connectivity index (χ4v) is 2.60.